The van der Waals surface area contributed by atoms with Crippen molar-refractivity contribution in [3.8, 4) is 0 Å². The monoisotopic (exact) mass is 166 g/mol. The first-order valence-electron chi connectivity index (χ1n) is 4.62. The Kier molecular flexibility index (Phi) is 3.07. The lowest BCUT2D eigenvalue weighted by Crippen LogP contribution is -1.94. The van der Waals surface area contributed by atoms with Gasteiger partial charge in [0.25, 0.3) is 0 Å². The minimum atomic E-state index is 0. The summed E-state index contributed by atoms with van der Waals surface area (Å²) in [6.07, 6.45) is 8.05. The van der Waals surface area contributed by atoms with Gasteiger partial charge in [0.05, 0.1) is 0 Å². The van der Waals surface area contributed by atoms with Gasteiger partial charge in [-0.25, -0.2) is 0 Å². The number of hydrogen-bond donors (Lipinski definition) is 0. The maximum atomic E-state index is 11.3. The van der Waals surface area contributed by atoms with E-state index in [1.54, 1.807) is 0 Å². The maximum Gasteiger partial charge on any atom is 0.158 e. The molecule has 68 valence electrons. The van der Waals surface area contributed by atoms with Crippen molar-refractivity contribution in [2.24, 2.45) is 0 Å². The highest BCUT2D eigenvalue weighted by molar-refractivity contribution is 5.98. The smallest absolute Gasteiger partial charge is 0.158 e. The predicted molar refractivity (Wildman–Crippen MR) is 51.1 cm³/mol. The molecule has 1 nitrogen and oxygen atoms in total. The third-order valence-corrected chi connectivity index (χ3v) is 2.80. The lowest BCUT2D eigenvalue weighted by molar-refractivity contribution is -0.114. The van der Waals surface area contributed by atoms with Crippen molar-refractivity contribution in [2.45, 2.75) is 52.4 Å². The van der Waals surface area contributed by atoms with Crippen molar-refractivity contribution in [3.63, 3.8) is 0 Å². The predicted octanol–water partition coefficient (Wildman–Crippen LogP) is 3.25. The minimum absolute atomic E-state index is 0. The lowest BCUT2D eigenvalue weighted by Gasteiger charge is -1.99. The molecule has 0 amide bonds. The van der Waals surface area contributed by atoms with Gasteiger partial charge in [-0.3, -0.25) is 4.79 Å². The maximum absolute atomic E-state index is 11.3. The minimum Gasteiger partial charge on any atom is -0.295 e. The first kappa shape index (κ1) is 9.50. The van der Waals surface area contributed by atoms with E-state index in [-0.39, 0.29) is 7.43 Å². The zero-order valence-corrected chi connectivity index (χ0v) is 6.86. The fraction of sp³-hybridized carbons (Fsp3) is 0.727. The largest absolute Gasteiger partial charge is 0.295 e. The summed E-state index contributed by atoms with van der Waals surface area (Å²) in [7, 11) is 0. The zero-order chi connectivity index (χ0) is 7.68. The molecule has 12 heavy (non-hydrogen) atoms. The average Bonchev–Trinajstić information content (AvgIpc) is 2.55. The average molecular weight is 166 g/mol. The SMILES string of the molecule is C.O=C1CCCC1=C1CCCC1. The van der Waals surface area contributed by atoms with Crippen LogP contribution in [0.5, 0.6) is 0 Å². The van der Waals surface area contributed by atoms with E-state index in [0.29, 0.717) is 5.78 Å². The van der Waals surface area contributed by atoms with Crippen molar-refractivity contribution in [1.29, 1.82) is 0 Å². The fourth-order valence-corrected chi connectivity index (χ4v) is 2.19. The van der Waals surface area contributed by atoms with Gasteiger partial charge in [0.15, 0.2) is 5.78 Å². The molecule has 0 spiro atoms. The van der Waals surface area contributed by atoms with Gasteiger partial charge >= 0.3 is 0 Å². The van der Waals surface area contributed by atoms with E-state index < -0.39 is 0 Å². The summed E-state index contributed by atoms with van der Waals surface area (Å²) in [6, 6.07) is 0. The summed E-state index contributed by atoms with van der Waals surface area (Å²) < 4.78 is 0. The van der Waals surface area contributed by atoms with Crippen LogP contribution in [0.1, 0.15) is 52.4 Å². The number of Topliss-reactive ketones (excluding diaryl/α,β-unsaturated/α-hetero) is 1. The van der Waals surface area contributed by atoms with Gasteiger partial charge in [0.1, 0.15) is 0 Å². The van der Waals surface area contributed by atoms with E-state index in [2.05, 4.69) is 0 Å². The van der Waals surface area contributed by atoms with Crippen molar-refractivity contribution < 1.29 is 4.79 Å². The van der Waals surface area contributed by atoms with Crippen molar-refractivity contribution >= 4 is 5.78 Å². The molecule has 0 atom stereocenters. The Morgan fingerprint density at radius 2 is 1.50 bits per heavy atom. The Hall–Kier alpha value is -0.590. The molecule has 0 bridgehead atoms. The number of rotatable bonds is 0. The van der Waals surface area contributed by atoms with Crippen LogP contribution in [0.25, 0.3) is 0 Å². The molecule has 2 rings (SSSR count). The van der Waals surface area contributed by atoms with Gasteiger partial charge in [-0.15, -0.1) is 0 Å². The van der Waals surface area contributed by atoms with Gasteiger partial charge in [0, 0.05) is 6.42 Å². The number of hydrogen-bond acceptors (Lipinski definition) is 1. The fourth-order valence-electron chi connectivity index (χ4n) is 2.19. The highest BCUT2D eigenvalue weighted by Gasteiger charge is 2.22. The van der Waals surface area contributed by atoms with Crippen LogP contribution in [0.15, 0.2) is 11.1 Å². The molecule has 2 aliphatic rings. The Bertz CT molecular complexity index is 205. The van der Waals surface area contributed by atoms with Crippen molar-refractivity contribution in [3.05, 3.63) is 11.1 Å². The number of allylic oxidation sites excluding steroid dienone is 2. The Morgan fingerprint density at radius 3 is 2.00 bits per heavy atom. The van der Waals surface area contributed by atoms with Gasteiger partial charge in [-0.2, -0.15) is 0 Å². The lowest BCUT2D eigenvalue weighted by atomic mass is 10.1. The van der Waals surface area contributed by atoms with Crippen LogP contribution in [0.3, 0.4) is 0 Å². The number of carbonyl (C=O) groups is 1. The molecule has 1 heteroatoms. The van der Waals surface area contributed by atoms with E-state index in [9.17, 15) is 4.79 Å². The van der Waals surface area contributed by atoms with Crippen molar-refractivity contribution in [1.82, 2.24) is 0 Å². The van der Waals surface area contributed by atoms with E-state index in [0.717, 1.165) is 19.3 Å². The molecular formula is C11H18O. The Balaban J connectivity index is 0.000000720. The summed E-state index contributed by atoms with van der Waals surface area (Å²) in [6.45, 7) is 0. The van der Waals surface area contributed by atoms with Crippen LogP contribution in [0, 0.1) is 0 Å². The molecule has 0 saturated heterocycles. The molecule has 0 aromatic carbocycles. The van der Waals surface area contributed by atoms with Gasteiger partial charge < -0.3 is 0 Å². The van der Waals surface area contributed by atoms with Crippen molar-refractivity contribution in [2.75, 3.05) is 0 Å². The standard InChI is InChI=1S/C10H14O.CH4/c11-10-7-3-6-9(10)8-4-1-2-5-8;/h1-7H2;1H4. The van der Waals surface area contributed by atoms with Crippen LogP contribution < -0.4 is 0 Å². The molecule has 2 saturated carbocycles. The van der Waals surface area contributed by atoms with Crippen LogP contribution in [0.2, 0.25) is 0 Å². The van der Waals surface area contributed by atoms with Crippen LogP contribution >= 0.6 is 0 Å². The summed E-state index contributed by atoms with van der Waals surface area (Å²) in [4.78, 5) is 11.3. The zero-order valence-electron chi connectivity index (χ0n) is 6.86. The highest BCUT2D eigenvalue weighted by Crippen LogP contribution is 2.33. The van der Waals surface area contributed by atoms with Crippen LogP contribution in [0.4, 0.5) is 0 Å². The normalized spacial score (nSPS) is 23.2. The summed E-state index contributed by atoms with van der Waals surface area (Å²) in [5.41, 5.74) is 2.70. The number of carbonyl (C=O) groups excluding carboxylic acids is 1. The molecular weight excluding hydrogens is 148 g/mol. The van der Waals surface area contributed by atoms with E-state index in [4.69, 9.17) is 0 Å². The third-order valence-electron chi connectivity index (χ3n) is 2.80. The van der Waals surface area contributed by atoms with Crippen LogP contribution in [-0.2, 0) is 4.79 Å². The third kappa shape index (κ3) is 1.60. The Labute approximate surface area is 74.9 Å². The first-order chi connectivity index (χ1) is 5.38. The summed E-state index contributed by atoms with van der Waals surface area (Å²) in [5.74, 6) is 0.446. The second-order valence-corrected chi connectivity index (χ2v) is 3.57. The molecule has 0 unspecified atom stereocenters. The molecule has 0 aromatic heterocycles. The van der Waals surface area contributed by atoms with E-state index >= 15 is 0 Å². The quantitative estimate of drug-likeness (QED) is 0.505. The second-order valence-electron chi connectivity index (χ2n) is 3.57. The van der Waals surface area contributed by atoms with E-state index in [1.807, 2.05) is 0 Å². The molecule has 0 aromatic rings. The first-order valence-corrected chi connectivity index (χ1v) is 4.62. The molecule has 2 aliphatic carbocycles. The van der Waals surface area contributed by atoms with Crippen LogP contribution in [-0.4, -0.2) is 5.78 Å². The molecule has 0 N–H and O–H groups in total. The van der Waals surface area contributed by atoms with Gasteiger partial charge in [-0.05, 0) is 44.1 Å². The number of ketones is 1. The summed E-state index contributed by atoms with van der Waals surface area (Å²) >= 11 is 0. The highest BCUT2D eigenvalue weighted by atomic mass is 16.1. The Morgan fingerprint density at radius 1 is 0.833 bits per heavy atom. The molecule has 0 heterocycles. The van der Waals surface area contributed by atoms with Gasteiger partial charge in [0.2, 0.25) is 0 Å². The second kappa shape index (κ2) is 3.88. The molecule has 0 aliphatic heterocycles. The van der Waals surface area contributed by atoms with Gasteiger partial charge in [-0.1, -0.05) is 13.0 Å². The summed E-state index contributed by atoms with van der Waals surface area (Å²) in [5, 5.41) is 0. The molecule has 2 fully saturated rings. The van der Waals surface area contributed by atoms with E-state index in [1.165, 1.54) is 36.8 Å². The topological polar surface area (TPSA) is 17.1 Å². The molecule has 0 radical (unpaired) electrons.